The topological polar surface area (TPSA) is 68.3 Å². The SMILES string of the molecule is CCc1cccc2c(CCNC(=NC)NC3CCN(c4ccccn4)CC3)c[nH]c12.I. The van der Waals surface area contributed by atoms with Crippen molar-refractivity contribution in [2.75, 3.05) is 31.6 Å². The van der Waals surface area contributed by atoms with Crippen molar-refractivity contribution in [1.82, 2.24) is 20.6 Å². The molecule has 4 rings (SSSR count). The van der Waals surface area contributed by atoms with E-state index in [0.29, 0.717) is 6.04 Å². The zero-order chi connectivity index (χ0) is 20.8. The number of nitrogens with zero attached hydrogens (tertiary/aromatic N) is 3. The van der Waals surface area contributed by atoms with Gasteiger partial charge in [0, 0.05) is 56.0 Å². The van der Waals surface area contributed by atoms with Crippen LogP contribution < -0.4 is 15.5 Å². The zero-order valence-electron chi connectivity index (χ0n) is 18.4. The van der Waals surface area contributed by atoms with Crippen molar-refractivity contribution >= 4 is 46.7 Å². The van der Waals surface area contributed by atoms with Crippen LogP contribution >= 0.6 is 24.0 Å². The Labute approximate surface area is 202 Å². The van der Waals surface area contributed by atoms with Crippen molar-refractivity contribution in [2.24, 2.45) is 4.99 Å². The second-order valence-corrected chi connectivity index (χ2v) is 7.85. The summed E-state index contributed by atoms with van der Waals surface area (Å²) in [6.45, 7) is 5.09. The van der Waals surface area contributed by atoms with Crippen LogP contribution in [0.25, 0.3) is 10.9 Å². The number of rotatable bonds is 6. The molecule has 166 valence electrons. The Morgan fingerprint density at radius 2 is 2.00 bits per heavy atom. The maximum absolute atomic E-state index is 4.47. The normalized spacial score (nSPS) is 15.0. The van der Waals surface area contributed by atoms with Crippen molar-refractivity contribution < 1.29 is 0 Å². The number of pyridine rings is 1. The standard InChI is InChI=1S/C24H32N6.HI/c1-3-18-7-6-8-21-19(17-28-23(18)21)10-14-27-24(25-2)29-20-11-15-30(16-12-20)22-9-4-5-13-26-22;/h4-9,13,17,20,28H,3,10-12,14-16H2,1-2H3,(H2,25,27,29);1H. The average molecular weight is 532 g/mol. The van der Waals surface area contributed by atoms with E-state index >= 15 is 0 Å². The molecule has 0 spiro atoms. The van der Waals surface area contributed by atoms with Crippen LogP contribution in [0.4, 0.5) is 5.82 Å². The number of piperidine rings is 1. The molecule has 0 atom stereocenters. The minimum absolute atomic E-state index is 0. The van der Waals surface area contributed by atoms with Gasteiger partial charge in [-0.25, -0.2) is 4.98 Å². The molecule has 6 nitrogen and oxygen atoms in total. The molecule has 0 radical (unpaired) electrons. The summed E-state index contributed by atoms with van der Waals surface area (Å²) in [6, 6.07) is 13.1. The van der Waals surface area contributed by atoms with Crippen molar-refractivity contribution in [3.05, 3.63) is 59.9 Å². The molecule has 0 saturated carbocycles. The van der Waals surface area contributed by atoms with Crippen LogP contribution in [-0.2, 0) is 12.8 Å². The number of halogens is 1. The fourth-order valence-electron chi connectivity index (χ4n) is 4.27. The second kappa shape index (κ2) is 11.4. The van der Waals surface area contributed by atoms with E-state index in [4.69, 9.17) is 0 Å². The molecule has 0 amide bonds. The lowest BCUT2D eigenvalue weighted by Crippen LogP contribution is -2.49. The summed E-state index contributed by atoms with van der Waals surface area (Å²) >= 11 is 0. The summed E-state index contributed by atoms with van der Waals surface area (Å²) in [5.74, 6) is 1.96. The maximum Gasteiger partial charge on any atom is 0.191 e. The van der Waals surface area contributed by atoms with Crippen molar-refractivity contribution in [1.29, 1.82) is 0 Å². The van der Waals surface area contributed by atoms with E-state index < -0.39 is 0 Å². The number of guanidine groups is 1. The molecule has 1 aliphatic heterocycles. The highest BCUT2D eigenvalue weighted by atomic mass is 127. The fourth-order valence-corrected chi connectivity index (χ4v) is 4.27. The Kier molecular flexibility index (Phi) is 8.57. The molecule has 0 unspecified atom stereocenters. The van der Waals surface area contributed by atoms with E-state index in [1.54, 1.807) is 0 Å². The Bertz CT molecular complexity index is 976. The van der Waals surface area contributed by atoms with Crippen LogP contribution in [0.15, 0.2) is 53.8 Å². The summed E-state index contributed by atoms with van der Waals surface area (Å²) < 4.78 is 0. The van der Waals surface area contributed by atoms with Gasteiger partial charge in [-0.2, -0.15) is 0 Å². The first-order chi connectivity index (χ1) is 14.8. The summed E-state index contributed by atoms with van der Waals surface area (Å²) in [6.07, 6.45) is 8.19. The minimum atomic E-state index is 0. The monoisotopic (exact) mass is 532 g/mol. The Hall–Kier alpha value is -2.29. The lowest BCUT2D eigenvalue weighted by Gasteiger charge is -2.33. The van der Waals surface area contributed by atoms with E-state index in [0.717, 1.165) is 57.1 Å². The van der Waals surface area contributed by atoms with E-state index in [2.05, 4.69) is 73.9 Å². The molecule has 3 heterocycles. The number of aryl methyl sites for hydroxylation is 1. The highest BCUT2D eigenvalue weighted by molar-refractivity contribution is 14.0. The lowest BCUT2D eigenvalue weighted by atomic mass is 10.1. The number of fused-ring (bicyclic) bond motifs is 1. The first-order valence-electron chi connectivity index (χ1n) is 11.0. The largest absolute Gasteiger partial charge is 0.361 e. The van der Waals surface area contributed by atoms with Crippen molar-refractivity contribution in [3.8, 4) is 0 Å². The third-order valence-electron chi connectivity index (χ3n) is 5.99. The van der Waals surface area contributed by atoms with Gasteiger partial charge in [-0.15, -0.1) is 24.0 Å². The smallest absolute Gasteiger partial charge is 0.191 e. The molecule has 0 bridgehead atoms. The van der Waals surface area contributed by atoms with Gasteiger partial charge in [0.2, 0.25) is 0 Å². The van der Waals surface area contributed by atoms with Crippen LogP contribution in [0.5, 0.6) is 0 Å². The first kappa shape index (κ1) is 23.4. The molecule has 1 aliphatic rings. The van der Waals surface area contributed by atoms with E-state index in [-0.39, 0.29) is 24.0 Å². The number of aromatic nitrogens is 2. The van der Waals surface area contributed by atoms with Crippen LogP contribution in [0.3, 0.4) is 0 Å². The predicted octanol–water partition coefficient (Wildman–Crippen LogP) is 4.12. The van der Waals surface area contributed by atoms with Gasteiger partial charge in [-0.1, -0.05) is 31.2 Å². The van der Waals surface area contributed by atoms with E-state index in [1.807, 2.05) is 19.3 Å². The van der Waals surface area contributed by atoms with E-state index in [9.17, 15) is 0 Å². The van der Waals surface area contributed by atoms with Gasteiger partial charge in [0.25, 0.3) is 0 Å². The van der Waals surface area contributed by atoms with Gasteiger partial charge in [0.05, 0.1) is 0 Å². The maximum atomic E-state index is 4.47. The Morgan fingerprint density at radius 3 is 2.71 bits per heavy atom. The number of hydrogen-bond acceptors (Lipinski definition) is 3. The Morgan fingerprint density at radius 1 is 1.16 bits per heavy atom. The number of aromatic amines is 1. The number of anilines is 1. The van der Waals surface area contributed by atoms with Crippen LogP contribution in [0.2, 0.25) is 0 Å². The molecule has 3 aromatic rings. The molecule has 3 N–H and O–H groups in total. The molecule has 0 aliphatic carbocycles. The Balaban J connectivity index is 0.00000272. The van der Waals surface area contributed by atoms with Gasteiger partial charge in [0.1, 0.15) is 5.82 Å². The summed E-state index contributed by atoms with van der Waals surface area (Å²) in [4.78, 5) is 14.7. The molecule has 1 fully saturated rings. The van der Waals surface area contributed by atoms with Crippen LogP contribution in [-0.4, -0.2) is 48.7 Å². The third kappa shape index (κ3) is 5.70. The number of para-hydroxylation sites is 1. The first-order valence-corrected chi connectivity index (χ1v) is 11.0. The number of hydrogen-bond donors (Lipinski definition) is 3. The van der Waals surface area contributed by atoms with Crippen LogP contribution in [0, 0.1) is 0 Å². The minimum Gasteiger partial charge on any atom is -0.361 e. The van der Waals surface area contributed by atoms with E-state index in [1.165, 1.54) is 22.0 Å². The van der Waals surface area contributed by atoms with Crippen molar-refractivity contribution in [2.45, 2.75) is 38.6 Å². The van der Waals surface area contributed by atoms with Gasteiger partial charge in [-0.05, 0) is 48.9 Å². The number of aliphatic imine (C=N–C) groups is 1. The average Bonchev–Trinajstić information content (AvgIpc) is 3.22. The summed E-state index contributed by atoms with van der Waals surface area (Å²) in [5, 5.41) is 8.42. The van der Waals surface area contributed by atoms with Gasteiger partial charge in [-0.3, -0.25) is 4.99 Å². The lowest BCUT2D eigenvalue weighted by molar-refractivity contribution is 0.459. The molecular formula is C24H33IN6. The predicted molar refractivity (Wildman–Crippen MR) is 141 cm³/mol. The van der Waals surface area contributed by atoms with Crippen LogP contribution in [0.1, 0.15) is 30.9 Å². The number of nitrogens with one attached hydrogen (secondary N) is 3. The zero-order valence-corrected chi connectivity index (χ0v) is 20.7. The molecular weight excluding hydrogens is 499 g/mol. The number of H-pyrrole nitrogens is 1. The molecule has 2 aromatic heterocycles. The quantitative estimate of drug-likeness (QED) is 0.254. The summed E-state index contributed by atoms with van der Waals surface area (Å²) in [7, 11) is 1.84. The highest BCUT2D eigenvalue weighted by Crippen LogP contribution is 2.22. The third-order valence-corrected chi connectivity index (χ3v) is 5.99. The fraction of sp³-hybridized carbons (Fsp3) is 0.417. The second-order valence-electron chi connectivity index (χ2n) is 7.85. The number of benzene rings is 1. The highest BCUT2D eigenvalue weighted by Gasteiger charge is 2.20. The van der Waals surface area contributed by atoms with Gasteiger partial charge >= 0.3 is 0 Å². The summed E-state index contributed by atoms with van der Waals surface area (Å²) in [5.41, 5.74) is 4.00. The van der Waals surface area contributed by atoms with Gasteiger partial charge < -0.3 is 20.5 Å². The molecule has 1 aromatic carbocycles. The molecule has 31 heavy (non-hydrogen) atoms. The van der Waals surface area contributed by atoms with Gasteiger partial charge in [0.15, 0.2) is 5.96 Å². The molecule has 1 saturated heterocycles. The molecule has 7 heteroatoms. The van der Waals surface area contributed by atoms with Crippen molar-refractivity contribution in [3.63, 3.8) is 0 Å².